The van der Waals surface area contributed by atoms with Gasteiger partial charge in [0.1, 0.15) is 0 Å². The number of nitrogens with two attached hydrogens (primary N) is 1. The molecule has 1 fully saturated rings. The van der Waals surface area contributed by atoms with Crippen molar-refractivity contribution in [2.24, 2.45) is 11.7 Å². The van der Waals surface area contributed by atoms with Gasteiger partial charge in [0.05, 0.1) is 17.4 Å². The first-order valence-corrected chi connectivity index (χ1v) is 7.13. The molecule has 1 aromatic heterocycles. The Hall–Kier alpha value is -1.88. The molecule has 1 amide bonds. The molecule has 1 aromatic carbocycles. The first-order chi connectivity index (χ1) is 9.69. The number of likely N-dealkylation sites (tertiary alicyclic amines) is 1. The number of carbonyl (C=O) groups is 1. The molecule has 0 bridgehead atoms. The standard InChI is InChI=1S/C15H20N4O/c1-10-2-3-11(7-16)8-19(10)15(20)12-4-5-13-14(6-12)18-9-17-13/h4-6,9-11H,2-3,7-8,16H2,1H3,(H,17,18). The smallest absolute Gasteiger partial charge is 0.254 e. The van der Waals surface area contributed by atoms with E-state index in [0.29, 0.717) is 18.0 Å². The number of hydrogen-bond donors (Lipinski definition) is 2. The molecule has 5 nitrogen and oxygen atoms in total. The Morgan fingerprint density at radius 1 is 1.50 bits per heavy atom. The van der Waals surface area contributed by atoms with Gasteiger partial charge in [-0.1, -0.05) is 0 Å². The topological polar surface area (TPSA) is 75.0 Å². The van der Waals surface area contributed by atoms with E-state index in [9.17, 15) is 4.79 Å². The minimum absolute atomic E-state index is 0.0900. The molecule has 1 aliphatic heterocycles. The molecule has 3 rings (SSSR count). The number of aromatic amines is 1. The van der Waals surface area contributed by atoms with Gasteiger partial charge in [-0.25, -0.2) is 4.98 Å². The van der Waals surface area contributed by atoms with Crippen molar-refractivity contribution in [1.82, 2.24) is 14.9 Å². The third kappa shape index (κ3) is 2.29. The molecular weight excluding hydrogens is 252 g/mol. The zero-order valence-electron chi connectivity index (χ0n) is 11.7. The zero-order valence-corrected chi connectivity index (χ0v) is 11.7. The molecule has 20 heavy (non-hydrogen) atoms. The maximum atomic E-state index is 12.7. The van der Waals surface area contributed by atoms with E-state index in [1.54, 1.807) is 6.33 Å². The lowest BCUT2D eigenvalue weighted by molar-refractivity contribution is 0.0567. The van der Waals surface area contributed by atoms with Gasteiger partial charge in [-0.05, 0) is 50.4 Å². The Morgan fingerprint density at radius 2 is 2.35 bits per heavy atom. The Morgan fingerprint density at radius 3 is 3.15 bits per heavy atom. The van der Waals surface area contributed by atoms with Crippen LogP contribution in [0.5, 0.6) is 0 Å². The van der Waals surface area contributed by atoms with Crippen LogP contribution in [0.4, 0.5) is 0 Å². The van der Waals surface area contributed by atoms with E-state index >= 15 is 0 Å². The fraction of sp³-hybridized carbons (Fsp3) is 0.467. The van der Waals surface area contributed by atoms with Crippen LogP contribution in [0, 0.1) is 5.92 Å². The predicted octanol–water partition coefficient (Wildman–Crippen LogP) is 1.76. The molecule has 2 atom stereocenters. The van der Waals surface area contributed by atoms with Crippen molar-refractivity contribution in [2.75, 3.05) is 13.1 Å². The summed E-state index contributed by atoms with van der Waals surface area (Å²) in [6.45, 7) is 3.52. The summed E-state index contributed by atoms with van der Waals surface area (Å²) in [6.07, 6.45) is 3.79. The van der Waals surface area contributed by atoms with Gasteiger partial charge in [-0.2, -0.15) is 0 Å². The number of nitrogens with one attached hydrogen (secondary N) is 1. The minimum atomic E-state index is 0.0900. The number of H-pyrrole nitrogens is 1. The van der Waals surface area contributed by atoms with Crippen molar-refractivity contribution in [2.45, 2.75) is 25.8 Å². The second kappa shape index (κ2) is 5.25. The molecule has 0 saturated carbocycles. The molecule has 1 aliphatic rings. The molecule has 0 spiro atoms. The summed E-state index contributed by atoms with van der Waals surface area (Å²) in [6, 6.07) is 5.89. The van der Waals surface area contributed by atoms with Crippen LogP contribution < -0.4 is 5.73 Å². The van der Waals surface area contributed by atoms with Gasteiger partial charge in [0.2, 0.25) is 0 Å². The molecule has 0 radical (unpaired) electrons. The molecule has 0 aliphatic carbocycles. The van der Waals surface area contributed by atoms with Gasteiger partial charge >= 0.3 is 0 Å². The van der Waals surface area contributed by atoms with Crippen LogP contribution in [0.3, 0.4) is 0 Å². The average Bonchev–Trinajstić information content (AvgIpc) is 2.94. The van der Waals surface area contributed by atoms with E-state index in [4.69, 9.17) is 5.73 Å². The van der Waals surface area contributed by atoms with Crippen LogP contribution >= 0.6 is 0 Å². The molecule has 2 heterocycles. The number of imidazole rings is 1. The summed E-state index contributed by atoms with van der Waals surface area (Å²) in [5, 5.41) is 0. The second-order valence-corrected chi connectivity index (χ2v) is 5.62. The second-order valence-electron chi connectivity index (χ2n) is 5.62. The summed E-state index contributed by atoms with van der Waals surface area (Å²) in [5.74, 6) is 0.512. The van der Waals surface area contributed by atoms with E-state index in [-0.39, 0.29) is 11.9 Å². The maximum absolute atomic E-state index is 12.7. The first kappa shape index (κ1) is 13.1. The highest BCUT2D eigenvalue weighted by Crippen LogP contribution is 2.23. The van der Waals surface area contributed by atoms with Crippen LogP contribution in [0.1, 0.15) is 30.1 Å². The monoisotopic (exact) mass is 272 g/mol. The van der Waals surface area contributed by atoms with E-state index in [1.807, 2.05) is 23.1 Å². The third-order valence-electron chi connectivity index (χ3n) is 4.24. The molecule has 1 saturated heterocycles. The number of nitrogens with zero attached hydrogens (tertiary/aromatic N) is 2. The molecular formula is C15H20N4O. The van der Waals surface area contributed by atoms with Gasteiger partial charge < -0.3 is 15.6 Å². The molecule has 2 unspecified atom stereocenters. The van der Waals surface area contributed by atoms with E-state index in [0.717, 1.165) is 30.4 Å². The van der Waals surface area contributed by atoms with Crippen molar-refractivity contribution in [3.8, 4) is 0 Å². The summed E-state index contributed by atoms with van der Waals surface area (Å²) < 4.78 is 0. The minimum Gasteiger partial charge on any atom is -0.345 e. The Kier molecular flexibility index (Phi) is 3.44. The Balaban J connectivity index is 1.86. The summed E-state index contributed by atoms with van der Waals surface area (Å²) in [4.78, 5) is 21.9. The average molecular weight is 272 g/mol. The number of hydrogen-bond acceptors (Lipinski definition) is 3. The van der Waals surface area contributed by atoms with E-state index in [1.165, 1.54) is 0 Å². The number of aromatic nitrogens is 2. The van der Waals surface area contributed by atoms with Crippen LogP contribution in [0.2, 0.25) is 0 Å². The molecule has 106 valence electrons. The van der Waals surface area contributed by atoms with Gasteiger partial charge in [-0.3, -0.25) is 4.79 Å². The molecule has 5 heteroatoms. The number of carbonyl (C=O) groups excluding carboxylic acids is 1. The van der Waals surface area contributed by atoms with E-state index < -0.39 is 0 Å². The van der Waals surface area contributed by atoms with E-state index in [2.05, 4.69) is 16.9 Å². The van der Waals surface area contributed by atoms with Crippen molar-refractivity contribution in [3.05, 3.63) is 30.1 Å². The van der Waals surface area contributed by atoms with Crippen molar-refractivity contribution in [1.29, 1.82) is 0 Å². The number of piperidine rings is 1. The SMILES string of the molecule is CC1CCC(CN)CN1C(=O)c1ccc2nc[nH]c2c1. The summed E-state index contributed by atoms with van der Waals surface area (Å²) in [7, 11) is 0. The molecule has 2 aromatic rings. The lowest BCUT2D eigenvalue weighted by Gasteiger charge is -2.37. The van der Waals surface area contributed by atoms with Gasteiger partial charge in [0.15, 0.2) is 0 Å². The zero-order chi connectivity index (χ0) is 14.1. The van der Waals surface area contributed by atoms with Gasteiger partial charge in [0, 0.05) is 18.2 Å². The van der Waals surface area contributed by atoms with Crippen LogP contribution in [-0.2, 0) is 0 Å². The number of rotatable bonds is 2. The number of benzene rings is 1. The Labute approximate surface area is 118 Å². The predicted molar refractivity (Wildman–Crippen MR) is 78.4 cm³/mol. The lowest BCUT2D eigenvalue weighted by atomic mass is 9.93. The summed E-state index contributed by atoms with van der Waals surface area (Å²) in [5.41, 5.74) is 8.25. The number of amides is 1. The highest BCUT2D eigenvalue weighted by molar-refractivity contribution is 5.97. The summed E-state index contributed by atoms with van der Waals surface area (Å²) >= 11 is 0. The third-order valence-corrected chi connectivity index (χ3v) is 4.24. The highest BCUT2D eigenvalue weighted by atomic mass is 16.2. The lowest BCUT2D eigenvalue weighted by Crippen LogP contribution is -2.47. The highest BCUT2D eigenvalue weighted by Gasteiger charge is 2.29. The van der Waals surface area contributed by atoms with Gasteiger partial charge in [-0.15, -0.1) is 0 Å². The Bertz CT molecular complexity index is 621. The van der Waals surface area contributed by atoms with Crippen molar-refractivity contribution >= 4 is 16.9 Å². The fourth-order valence-electron chi connectivity index (χ4n) is 2.89. The van der Waals surface area contributed by atoms with Crippen LogP contribution in [0.15, 0.2) is 24.5 Å². The first-order valence-electron chi connectivity index (χ1n) is 7.13. The normalized spacial score (nSPS) is 23.2. The van der Waals surface area contributed by atoms with Crippen LogP contribution in [0.25, 0.3) is 11.0 Å². The molecule has 3 N–H and O–H groups in total. The number of fused-ring (bicyclic) bond motifs is 1. The largest absolute Gasteiger partial charge is 0.345 e. The maximum Gasteiger partial charge on any atom is 0.254 e. The quantitative estimate of drug-likeness (QED) is 0.874. The van der Waals surface area contributed by atoms with Crippen molar-refractivity contribution < 1.29 is 4.79 Å². The van der Waals surface area contributed by atoms with Crippen LogP contribution in [-0.4, -0.2) is 39.9 Å². The van der Waals surface area contributed by atoms with Crippen molar-refractivity contribution in [3.63, 3.8) is 0 Å². The fourth-order valence-corrected chi connectivity index (χ4v) is 2.89. The van der Waals surface area contributed by atoms with Gasteiger partial charge in [0.25, 0.3) is 5.91 Å².